The Hall–Kier alpha value is -2.08. The molecular formula is C20H29N3O3. The number of aliphatic imine (C=N–C) groups is 1. The van der Waals surface area contributed by atoms with Crippen LogP contribution in [0.4, 0.5) is 5.69 Å². The van der Waals surface area contributed by atoms with Gasteiger partial charge in [0.15, 0.2) is 11.5 Å². The summed E-state index contributed by atoms with van der Waals surface area (Å²) in [6.07, 6.45) is 4.85. The van der Waals surface area contributed by atoms with Gasteiger partial charge >= 0.3 is 0 Å². The maximum Gasteiger partial charge on any atom is 0.256 e. The minimum atomic E-state index is 0.0337. The van der Waals surface area contributed by atoms with E-state index in [9.17, 15) is 4.79 Å². The van der Waals surface area contributed by atoms with Gasteiger partial charge in [0.25, 0.3) is 5.91 Å². The number of carbonyl (C=O) groups excluding carboxylic acids is 1. The zero-order valence-corrected chi connectivity index (χ0v) is 16.0. The first-order valence-electron chi connectivity index (χ1n) is 9.60. The topological polar surface area (TPSA) is 54.4 Å². The van der Waals surface area contributed by atoms with Crippen LogP contribution in [0.1, 0.15) is 43.5 Å². The molecule has 0 unspecified atom stereocenters. The van der Waals surface area contributed by atoms with Crippen molar-refractivity contribution in [3.05, 3.63) is 17.7 Å². The van der Waals surface area contributed by atoms with Gasteiger partial charge < -0.3 is 19.3 Å². The fraction of sp³-hybridized carbons (Fsp3) is 0.600. The van der Waals surface area contributed by atoms with Crippen molar-refractivity contribution in [3.8, 4) is 11.5 Å². The lowest BCUT2D eigenvalue weighted by Crippen LogP contribution is -2.35. The molecule has 0 aromatic heterocycles. The Kier molecular flexibility index (Phi) is 6.14. The Balaban J connectivity index is 1.74. The van der Waals surface area contributed by atoms with E-state index in [1.807, 2.05) is 17.2 Å². The molecule has 1 amide bonds. The van der Waals surface area contributed by atoms with Gasteiger partial charge in [0, 0.05) is 25.4 Å². The predicted molar refractivity (Wildman–Crippen MR) is 103 cm³/mol. The third-order valence-corrected chi connectivity index (χ3v) is 5.23. The zero-order chi connectivity index (χ0) is 18.5. The number of ether oxygens (including phenoxy) is 2. The Morgan fingerprint density at radius 3 is 2.81 bits per heavy atom. The van der Waals surface area contributed by atoms with Crippen molar-refractivity contribution in [2.75, 3.05) is 39.9 Å². The molecule has 2 heterocycles. The summed E-state index contributed by atoms with van der Waals surface area (Å²) in [7, 11) is 1.60. The highest BCUT2D eigenvalue weighted by Crippen LogP contribution is 2.38. The van der Waals surface area contributed by atoms with Gasteiger partial charge in [-0.15, -0.1) is 0 Å². The number of benzene rings is 1. The number of nitrogens with zero attached hydrogens (tertiary/aromatic N) is 3. The Bertz CT molecular complexity index is 671. The number of rotatable bonds is 8. The van der Waals surface area contributed by atoms with Gasteiger partial charge in [-0.25, -0.2) is 0 Å². The molecule has 1 fully saturated rings. The third kappa shape index (κ3) is 3.85. The van der Waals surface area contributed by atoms with Gasteiger partial charge in [-0.1, -0.05) is 13.8 Å². The van der Waals surface area contributed by atoms with E-state index in [0.717, 1.165) is 45.4 Å². The first kappa shape index (κ1) is 18.7. The Morgan fingerprint density at radius 1 is 1.27 bits per heavy atom. The van der Waals surface area contributed by atoms with E-state index in [4.69, 9.17) is 9.47 Å². The lowest BCUT2D eigenvalue weighted by atomic mass is 10.1. The minimum Gasteiger partial charge on any atom is -0.493 e. The number of amides is 1. The van der Waals surface area contributed by atoms with Gasteiger partial charge in [0.2, 0.25) is 0 Å². The summed E-state index contributed by atoms with van der Waals surface area (Å²) in [5, 5.41) is 0. The Morgan fingerprint density at radius 2 is 2.08 bits per heavy atom. The fourth-order valence-electron chi connectivity index (χ4n) is 3.63. The summed E-state index contributed by atoms with van der Waals surface area (Å²) in [6, 6.07) is 3.72. The summed E-state index contributed by atoms with van der Waals surface area (Å²) in [5.74, 6) is 1.27. The standard InChI is InChI=1S/C20H29N3O3/c1-4-22(5-2)9-7-11-26-19-13-17-16(12-18(19)25-3)20(24)23-10-6-8-15(23)14-21-17/h12-15H,4-11H2,1-3H3/t15-/m0/s1. The molecule has 1 aromatic carbocycles. The summed E-state index contributed by atoms with van der Waals surface area (Å²) < 4.78 is 11.4. The van der Waals surface area contributed by atoms with Crippen LogP contribution in [0.15, 0.2) is 17.1 Å². The summed E-state index contributed by atoms with van der Waals surface area (Å²) in [4.78, 5) is 21.7. The van der Waals surface area contributed by atoms with Crippen LogP contribution < -0.4 is 9.47 Å². The molecule has 2 aliphatic heterocycles. The number of hydrogen-bond donors (Lipinski definition) is 0. The predicted octanol–water partition coefficient (Wildman–Crippen LogP) is 3.13. The molecule has 142 valence electrons. The Labute approximate surface area is 155 Å². The van der Waals surface area contributed by atoms with Crippen LogP contribution in [0.3, 0.4) is 0 Å². The van der Waals surface area contributed by atoms with Crippen molar-refractivity contribution in [3.63, 3.8) is 0 Å². The van der Waals surface area contributed by atoms with Crippen LogP contribution in [0.2, 0.25) is 0 Å². The summed E-state index contributed by atoms with van der Waals surface area (Å²) in [6.45, 7) is 8.84. The molecule has 1 aromatic rings. The van der Waals surface area contributed by atoms with Crippen molar-refractivity contribution < 1.29 is 14.3 Å². The molecule has 0 N–H and O–H groups in total. The van der Waals surface area contributed by atoms with Crippen molar-refractivity contribution in [2.24, 2.45) is 4.99 Å². The van der Waals surface area contributed by atoms with Crippen LogP contribution in [0.25, 0.3) is 0 Å². The second-order valence-electron chi connectivity index (χ2n) is 6.74. The van der Waals surface area contributed by atoms with Gasteiger partial charge in [-0.2, -0.15) is 0 Å². The molecular weight excluding hydrogens is 330 g/mol. The molecule has 6 nitrogen and oxygen atoms in total. The number of hydrogen-bond acceptors (Lipinski definition) is 5. The van der Waals surface area contributed by atoms with Crippen LogP contribution >= 0.6 is 0 Å². The minimum absolute atomic E-state index is 0.0337. The third-order valence-electron chi connectivity index (χ3n) is 5.23. The molecule has 0 bridgehead atoms. The van der Waals surface area contributed by atoms with E-state index in [1.165, 1.54) is 0 Å². The smallest absolute Gasteiger partial charge is 0.256 e. The van der Waals surface area contributed by atoms with E-state index in [1.54, 1.807) is 13.2 Å². The van der Waals surface area contributed by atoms with Crippen LogP contribution in [0, 0.1) is 0 Å². The number of methoxy groups -OCH3 is 1. The molecule has 0 radical (unpaired) electrons. The average Bonchev–Trinajstić information content (AvgIpc) is 3.09. The fourth-order valence-corrected chi connectivity index (χ4v) is 3.63. The molecule has 6 heteroatoms. The molecule has 0 aliphatic carbocycles. The molecule has 3 rings (SSSR count). The second-order valence-corrected chi connectivity index (χ2v) is 6.74. The number of carbonyl (C=O) groups is 1. The monoisotopic (exact) mass is 359 g/mol. The van der Waals surface area contributed by atoms with Crippen LogP contribution in [-0.4, -0.2) is 67.9 Å². The lowest BCUT2D eigenvalue weighted by molar-refractivity contribution is 0.0774. The van der Waals surface area contributed by atoms with Crippen molar-refractivity contribution in [2.45, 2.75) is 39.2 Å². The highest BCUT2D eigenvalue weighted by atomic mass is 16.5. The van der Waals surface area contributed by atoms with Gasteiger partial charge in [0.1, 0.15) is 0 Å². The molecule has 1 saturated heterocycles. The normalized spacial score (nSPS) is 18.7. The highest BCUT2D eigenvalue weighted by molar-refractivity contribution is 6.03. The van der Waals surface area contributed by atoms with Gasteiger partial charge in [0.05, 0.1) is 31.0 Å². The molecule has 26 heavy (non-hydrogen) atoms. The first-order valence-corrected chi connectivity index (χ1v) is 9.60. The second kappa shape index (κ2) is 8.54. The van der Waals surface area contributed by atoms with Crippen molar-refractivity contribution in [1.29, 1.82) is 0 Å². The van der Waals surface area contributed by atoms with Crippen LogP contribution in [-0.2, 0) is 0 Å². The molecule has 0 spiro atoms. The van der Waals surface area contributed by atoms with E-state index in [0.29, 0.717) is 29.4 Å². The first-order chi connectivity index (χ1) is 12.7. The summed E-state index contributed by atoms with van der Waals surface area (Å²) >= 11 is 0. The largest absolute Gasteiger partial charge is 0.493 e. The van der Waals surface area contributed by atoms with Gasteiger partial charge in [-0.3, -0.25) is 9.79 Å². The van der Waals surface area contributed by atoms with Crippen molar-refractivity contribution in [1.82, 2.24) is 9.80 Å². The maximum atomic E-state index is 12.8. The molecule has 1 atom stereocenters. The van der Waals surface area contributed by atoms with E-state index in [-0.39, 0.29) is 11.9 Å². The SMILES string of the molecule is CCN(CC)CCCOc1cc2c(cc1OC)C(=O)N1CCC[C@H]1C=N2. The zero-order valence-electron chi connectivity index (χ0n) is 16.0. The van der Waals surface area contributed by atoms with Crippen molar-refractivity contribution >= 4 is 17.8 Å². The number of fused-ring (bicyclic) bond motifs is 2. The molecule has 0 saturated carbocycles. The van der Waals surface area contributed by atoms with E-state index in [2.05, 4.69) is 23.7 Å². The maximum absolute atomic E-state index is 12.8. The lowest BCUT2D eigenvalue weighted by Gasteiger charge is -2.20. The van der Waals surface area contributed by atoms with Gasteiger partial charge in [-0.05, 0) is 38.4 Å². The average molecular weight is 359 g/mol. The summed E-state index contributed by atoms with van der Waals surface area (Å²) in [5.41, 5.74) is 1.27. The highest BCUT2D eigenvalue weighted by Gasteiger charge is 2.32. The van der Waals surface area contributed by atoms with E-state index < -0.39 is 0 Å². The quantitative estimate of drug-likeness (QED) is 0.669. The molecule has 2 aliphatic rings. The van der Waals surface area contributed by atoms with E-state index >= 15 is 0 Å². The van der Waals surface area contributed by atoms with Crippen LogP contribution in [0.5, 0.6) is 11.5 Å².